The largest absolute Gasteiger partial charge is 0.488 e. The van der Waals surface area contributed by atoms with Gasteiger partial charge in [0.05, 0.1) is 15.6 Å². The van der Waals surface area contributed by atoms with Gasteiger partial charge in [-0.15, -0.1) is 0 Å². The third kappa shape index (κ3) is 4.28. The van der Waals surface area contributed by atoms with Crippen molar-refractivity contribution in [2.24, 2.45) is 0 Å². The van der Waals surface area contributed by atoms with Crippen LogP contribution < -0.4 is 14.8 Å². The second-order valence-electron chi connectivity index (χ2n) is 7.78. The van der Waals surface area contributed by atoms with Crippen LogP contribution in [0.3, 0.4) is 0 Å². The first-order valence-corrected chi connectivity index (χ1v) is 12.5. The lowest BCUT2D eigenvalue weighted by atomic mass is 10.1. The van der Waals surface area contributed by atoms with E-state index in [1.54, 1.807) is 16.5 Å². The van der Waals surface area contributed by atoms with Crippen molar-refractivity contribution in [1.82, 2.24) is 9.38 Å². The molecule has 0 radical (unpaired) electrons. The number of rotatable bonds is 4. The third-order valence-electron chi connectivity index (χ3n) is 5.51. The molecule has 0 amide bonds. The van der Waals surface area contributed by atoms with E-state index in [4.69, 9.17) is 27.9 Å². The second-order valence-corrected chi connectivity index (χ2v) is 10.5. The summed E-state index contributed by atoms with van der Waals surface area (Å²) in [5, 5.41) is 1.12. The Morgan fingerprint density at radius 3 is 2.67 bits per heavy atom. The SMILES string of the molecule is Cc1cc2nc3s/c(=C\c4cc(Br)ccc4OCc4ccc(Cl)cc4Cl)c(=O)n3c2cc1C. The zero-order valence-electron chi connectivity index (χ0n) is 17.7. The van der Waals surface area contributed by atoms with Gasteiger partial charge in [-0.2, -0.15) is 0 Å². The summed E-state index contributed by atoms with van der Waals surface area (Å²) >= 11 is 17.2. The smallest absolute Gasteiger partial charge is 0.274 e. The van der Waals surface area contributed by atoms with Gasteiger partial charge in [0, 0.05) is 25.6 Å². The van der Waals surface area contributed by atoms with E-state index in [1.807, 2.05) is 56.3 Å². The fourth-order valence-electron chi connectivity index (χ4n) is 3.62. The minimum absolute atomic E-state index is 0.0903. The van der Waals surface area contributed by atoms with Crippen molar-refractivity contribution in [3.63, 3.8) is 0 Å². The van der Waals surface area contributed by atoms with Crippen LogP contribution in [0.15, 0.2) is 57.8 Å². The number of benzene rings is 3. The molecule has 5 rings (SSSR count). The molecule has 5 aromatic rings. The molecule has 2 heterocycles. The van der Waals surface area contributed by atoms with Gasteiger partial charge >= 0.3 is 0 Å². The molecule has 0 N–H and O–H groups in total. The molecule has 2 aromatic heterocycles. The second kappa shape index (κ2) is 8.76. The van der Waals surface area contributed by atoms with Gasteiger partial charge in [-0.25, -0.2) is 9.38 Å². The number of halogens is 3. The summed E-state index contributed by atoms with van der Waals surface area (Å²) in [6.45, 7) is 4.36. The summed E-state index contributed by atoms with van der Waals surface area (Å²) in [6, 6.07) is 15.0. The maximum absolute atomic E-state index is 13.3. The first-order chi connectivity index (χ1) is 15.8. The fraction of sp³-hybridized carbons (Fsp3) is 0.120. The van der Waals surface area contributed by atoms with Crippen molar-refractivity contribution in [2.45, 2.75) is 20.5 Å². The van der Waals surface area contributed by atoms with Crippen LogP contribution in [0.2, 0.25) is 10.0 Å². The zero-order chi connectivity index (χ0) is 23.3. The van der Waals surface area contributed by atoms with Crippen molar-refractivity contribution in [2.75, 3.05) is 0 Å². The average Bonchev–Trinajstić information content (AvgIpc) is 3.25. The van der Waals surface area contributed by atoms with E-state index in [9.17, 15) is 4.79 Å². The molecule has 0 atom stereocenters. The van der Waals surface area contributed by atoms with E-state index in [2.05, 4.69) is 20.9 Å². The highest BCUT2D eigenvalue weighted by Gasteiger charge is 2.13. The third-order valence-corrected chi connectivity index (χ3v) is 7.56. The van der Waals surface area contributed by atoms with Gasteiger partial charge < -0.3 is 4.74 Å². The van der Waals surface area contributed by atoms with Crippen LogP contribution in [-0.4, -0.2) is 9.38 Å². The Balaban J connectivity index is 1.57. The molecule has 0 aliphatic heterocycles. The number of imidazole rings is 1. The van der Waals surface area contributed by atoms with Crippen LogP contribution in [-0.2, 0) is 6.61 Å². The molecule has 0 saturated carbocycles. The van der Waals surface area contributed by atoms with E-state index >= 15 is 0 Å². The molecular formula is C25H17BrCl2N2O2S. The standard InChI is InChI=1S/C25H17BrCl2N2O2S/c1-13-7-20-21(8-14(13)2)30-24(31)23(33-25(30)29-20)10-16-9-17(26)4-6-22(16)32-12-15-3-5-18(27)11-19(15)28/h3-11H,12H2,1-2H3/b23-10-. The molecule has 0 bridgehead atoms. The maximum atomic E-state index is 13.3. The lowest BCUT2D eigenvalue weighted by Gasteiger charge is -2.11. The van der Waals surface area contributed by atoms with Gasteiger partial charge in [-0.3, -0.25) is 4.79 Å². The quantitative estimate of drug-likeness (QED) is 0.245. The zero-order valence-corrected chi connectivity index (χ0v) is 21.6. The topological polar surface area (TPSA) is 43.6 Å². The average molecular weight is 560 g/mol. The minimum atomic E-state index is -0.0903. The Hall–Kier alpha value is -2.38. The van der Waals surface area contributed by atoms with Gasteiger partial charge in [-0.1, -0.05) is 56.5 Å². The lowest BCUT2D eigenvalue weighted by molar-refractivity contribution is 0.305. The number of aromatic nitrogens is 2. The summed E-state index contributed by atoms with van der Waals surface area (Å²) in [7, 11) is 0. The maximum Gasteiger partial charge on any atom is 0.274 e. The highest BCUT2D eigenvalue weighted by molar-refractivity contribution is 9.10. The molecule has 0 aliphatic carbocycles. The summed E-state index contributed by atoms with van der Waals surface area (Å²) in [4.78, 5) is 18.6. The van der Waals surface area contributed by atoms with E-state index in [-0.39, 0.29) is 12.2 Å². The molecule has 4 nitrogen and oxygen atoms in total. The number of hydrogen-bond acceptors (Lipinski definition) is 4. The Labute approximate surface area is 212 Å². The van der Waals surface area contributed by atoms with Crippen molar-refractivity contribution in [3.8, 4) is 5.75 Å². The number of fused-ring (bicyclic) bond motifs is 3. The normalized spacial score (nSPS) is 12.2. The number of aryl methyl sites for hydroxylation is 2. The van der Waals surface area contributed by atoms with Crippen LogP contribution in [0, 0.1) is 13.8 Å². The minimum Gasteiger partial charge on any atom is -0.488 e. The lowest BCUT2D eigenvalue weighted by Crippen LogP contribution is -2.22. The fourth-order valence-corrected chi connectivity index (χ4v) is 5.44. The Morgan fingerprint density at radius 2 is 1.88 bits per heavy atom. The molecular weight excluding hydrogens is 543 g/mol. The monoisotopic (exact) mass is 558 g/mol. The summed E-state index contributed by atoms with van der Waals surface area (Å²) < 4.78 is 9.22. The Kier molecular flexibility index (Phi) is 5.95. The van der Waals surface area contributed by atoms with Gasteiger partial charge in [0.1, 0.15) is 12.4 Å². The van der Waals surface area contributed by atoms with Crippen LogP contribution in [0.5, 0.6) is 5.75 Å². The number of hydrogen-bond donors (Lipinski definition) is 0. The number of ether oxygens (including phenoxy) is 1. The first kappa shape index (κ1) is 22.4. The molecule has 3 aromatic carbocycles. The van der Waals surface area contributed by atoms with Gasteiger partial charge in [-0.05, 0) is 73.5 Å². The first-order valence-electron chi connectivity index (χ1n) is 10.1. The number of thiazole rings is 1. The summed E-state index contributed by atoms with van der Waals surface area (Å²) in [5.41, 5.74) is 5.47. The van der Waals surface area contributed by atoms with Crippen LogP contribution in [0.25, 0.3) is 22.1 Å². The molecule has 0 fully saturated rings. The van der Waals surface area contributed by atoms with Gasteiger partial charge in [0.15, 0.2) is 4.96 Å². The van der Waals surface area contributed by atoms with Crippen molar-refractivity contribution in [3.05, 3.63) is 100 Å². The highest BCUT2D eigenvalue weighted by Crippen LogP contribution is 2.27. The molecule has 0 unspecified atom stereocenters. The molecule has 0 saturated heterocycles. The van der Waals surface area contributed by atoms with E-state index in [1.165, 1.54) is 11.3 Å². The van der Waals surface area contributed by atoms with Gasteiger partial charge in [0.2, 0.25) is 0 Å². The summed E-state index contributed by atoms with van der Waals surface area (Å²) in [5.74, 6) is 0.644. The Morgan fingerprint density at radius 1 is 1.09 bits per heavy atom. The predicted octanol–water partition coefficient (Wildman–Crippen LogP) is 6.72. The van der Waals surface area contributed by atoms with Gasteiger partial charge in [0.25, 0.3) is 5.56 Å². The molecule has 0 aliphatic rings. The number of nitrogens with zero attached hydrogens (tertiary/aromatic N) is 2. The van der Waals surface area contributed by atoms with E-state index in [0.29, 0.717) is 25.3 Å². The highest BCUT2D eigenvalue weighted by atomic mass is 79.9. The Bertz CT molecular complexity index is 1660. The molecule has 166 valence electrons. The van der Waals surface area contributed by atoms with Crippen molar-refractivity contribution >= 4 is 72.5 Å². The molecule has 0 spiro atoms. The van der Waals surface area contributed by atoms with Crippen LogP contribution in [0.4, 0.5) is 0 Å². The van der Waals surface area contributed by atoms with Crippen LogP contribution >= 0.6 is 50.5 Å². The predicted molar refractivity (Wildman–Crippen MR) is 140 cm³/mol. The summed E-state index contributed by atoms with van der Waals surface area (Å²) in [6.07, 6.45) is 1.85. The van der Waals surface area contributed by atoms with E-state index < -0.39 is 0 Å². The van der Waals surface area contributed by atoms with Crippen LogP contribution in [0.1, 0.15) is 22.3 Å². The molecule has 33 heavy (non-hydrogen) atoms. The molecule has 8 heteroatoms. The van der Waals surface area contributed by atoms with Crippen molar-refractivity contribution < 1.29 is 4.74 Å². The van der Waals surface area contributed by atoms with Crippen molar-refractivity contribution in [1.29, 1.82) is 0 Å². The van der Waals surface area contributed by atoms with E-state index in [0.717, 1.165) is 37.8 Å².